The van der Waals surface area contributed by atoms with E-state index in [4.69, 9.17) is 15.2 Å². The SMILES string of the molecule is COc1cc(Oc2ccc(C(C)C)c(C)c2)ccc1N. The van der Waals surface area contributed by atoms with Crippen LogP contribution < -0.4 is 15.2 Å². The van der Waals surface area contributed by atoms with Gasteiger partial charge < -0.3 is 15.2 Å². The number of nitrogen functional groups attached to an aromatic ring is 1. The van der Waals surface area contributed by atoms with Crippen LogP contribution in [0, 0.1) is 6.92 Å². The van der Waals surface area contributed by atoms with E-state index in [1.54, 1.807) is 19.2 Å². The first-order valence-electron chi connectivity index (χ1n) is 6.73. The Bertz CT molecular complexity index is 606. The van der Waals surface area contributed by atoms with Gasteiger partial charge in [0.2, 0.25) is 0 Å². The minimum Gasteiger partial charge on any atom is -0.494 e. The molecule has 0 aliphatic heterocycles. The van der Waals surface area contributed by atoms with Gasteiger partial charge in [0.15, 0.2) is 0 Å². The van der Waals surface area contributed by atoms with Gasteiger partial charge in [0.25, 0.3) is 0 Å². The maximum atomic E-state index is 5.86. The third kappa shape index (κ3) is 3.05. The molecule has 0 aliphatic rings. The number of rotatable bonds is 4. The maximum absolute atomic E-state index is 5.86. The van der Waals surface area contributed by atoms with Crippen molar-refractivity contribution < 1.29 is 9.47 Å². The predicted octanol–water partition coefficient (Wildman–Crippen LogP) is 4.50. The molecular formula is C17H21NO2. The second-order valence-corrected chi connectivity index (χ2v) is 5.18. The van der Waals surface area contributed by atoms with E-state index < -0.39 is 0 Å². The Kier molecular flexibility index (Phi) is 4.18. The van der Waals surface area contributed by atoms with Gasteiger partial charge in [-0.05, 0) is 48.2 Å². The van der Waals surface area contributed by atoms with E-state index in [1.165, 1.54) is 11.1 Å². The summed E-state index contributed by atoms with van der Waals surface area (Å²) in [5, 5.41) is 0. The second-order valence-electron chi connectivity index (χ2n) is 5.18. The molecule has 0 atom stereocenters. The third-order valence-corrected chi connectivity index (χ3v) is 3.30. The van der Waals surface area contributed by atoms with Crippen LogP contribution in [-0.4, -0.2) is 7.11 Å². The molecule has 0 saturated carbocycles. The van der Waals surface area contributed by atoms with Crippen molar-refractivity contribution >= 4 is 5.69 Å². The molecule has 20 heavy (non-hydrogen) atoms. The molecule has 2 aromatic rings. The highest BCUT2D eigenvalue weighted by Crippen LogP contribution is 2.31. The molecule has 0 unspecified atom stereocenters. The lowest BCUT2D eigenvalue weighted by Crippen LogP contribution is -1.95. The van der Waals surface area contributed by atoms with Gasteiger partial charge in [-0.15, -0.1) is 0 Å². The van der Waals surface area contributed by atoms with Gasteiger partial charge in [0.1, 0.15) is 17.2 Å². The van der Waals surface area contributed by atoms with Crippen LogP contribution in [0.1, 0.15) is 30.9 Å². The van der Waals surface area contributed by atoms with Crippen LogP contribution in [0.15, 0.2) is 36.4 Å². The zero-order valence-electron chi connectivity index (χ0n) is 12.4. The summed E-state index contributed by atoms with van der Waals surface area (Å²) >= 11 is 0. The van der Waals surface area contributed by atoms with E-state index in [9.17, 15) is 0 Å². The molecule has 0 spiro atoms. The van der Waals surface area contributed by atoms with Gasteiger partial charge in [0, 0.05) is 6.07 Å². The van der Waals surface area contributed by atoms with E-state index in [1.807, 2.05) is 12.1 Å². The van der Waals surface area contributed by atoms with Crippen molar-refractivity contribution in [2.24, 2.45) is 0 Å². The first-order chi connectivity index (χ1) is 9.51. The molecule has 106 valence electrons. The second kappa shape index (κ2) is 5.87. The largest absolute Gasteiger partial charge is 0.494 e. The van der Waals surface area contributed by atoms with E-state index in [0.29, 0.717) is 23.1 Å². The Morgan fingerprint density at radius 1 is 1.00 bits per heavy atom. The standard InChI is InChI=1S/C17H21NO2/c1-11(2)15-7-5-13(9-12(15)3)20-14-6-8-16(18)17(10-14)19-4/h5-11H,18H2,1-4H3. The summed E-state index contributed by atoms with van der Waals surface area (Å²) in [5.41, 5.74) is 8.97. The van der Waals surface area contributed by atoms with Gasteiger partial charge in [-0.25, -0.2) is 0 Å². The van der Waals surface area contributed by atoms with Gasteiger partial charge >= 0.3 is 0 Å². The van der Waals surface area contributed by atoms with Crippen LogP contribution in [0.4, 0.5) is 5.69 Å². The van der Waals surface area contributed by atoms with E-state index in [-0.39, 0.29) is 0 Å². The van der Waals surface area contributed by atoms with Crippen molar-refractivity contribution in [3.63, 3.8) is 0 Å². The van der Waals surface area contributed by atoms with Gasteiger partial charge in [-0.1, -0.05) is 19.9 Å². The van der Waals surface area contributed by atoms with Crippen LogP contribution in [0.25, 0.3) is 0 Å². The third-order valence-electron chi connectivity index (χ3n) is 3.30. The van der Waals surface area contributed by atoms with Gasteiger partial charge in [0.05, 0.1) is 12.8 Å². The Balaban J connectivity index is 2.24. The van der Waals surface area contributed by atoms with Crippen LogP contribution in [0.3, 0.4) is 0 Å². The zero-order valence-corrected chi connectivity index (χ0v) is 12.4. The molecule has 2 rings (SSSR count). The number of methoxy groups -OCH3 is 1. The number of anilines is 1. The van der Waals surface area contributed by atoms with E-state index in [2.05, 4.69) is 32.9 Å². The Morgan fingerprint density at radius 2 is 1.65 bits per heavy atom. The zero-order chi connectivity index (χ0) is 14.7. The molecule has 0 saturated heterocycles. The Morgan fingerprint density at radius 3 is 2.25 bits per heavy atom. The lowest BCUT2D eigenvalue weighted by Gasteiger charge is -2.13. The summed E-state index contributed by atoms with van der Waals surface area (Å²) < 4.78 is 11.0. The molecule has 0 aliphatic carbocycles. The lowest BCUT2D eigenvalue weighted by atomic mass is 9.98. The fourth-order valence-corrected chi connectivity index (χ4v) is 2.25. The van der Waals surface area contributed by atoms with Gasteiger partial charge in [-0.2, -0.15) is 0 Å². The van der Waals surface area contributed by atoms with Crippen LogP contribution >= 0.6 is 0 Å². The highest BCUT2D eigenvalue weighted by atomic mass is 16.5. The molecule has 0 fully saturated rings. The summed E-state index contributed by atoms with van der Waals surface area (Å²) in [5.74, 6) is 2.67. The molecule has 3 nitrogen and oxygen atoms in total. The minimum absolute atomic E-state index is 0.515. The smallest absolute Gasteiger partial charge is 0.145 e. The first-order valence-corrected chi connectivity index (χ1v) is 6.73. The first kappa shape index (κ1) is 14.3. The van der Waals surface area contributed by atoms with Crippen molar-refractivity contribution in [3.05, 3.63) is 47.5 Å². The van der Waals surface area contributed by atoms with E-state index in [0.717, 1.165) is 5.75 Å². The highest BCUT2D eigenvalue weighted by molar-refractivity contribution is 5.56. The molecule has 0 radical (unpaired) electrons. The topological polar surface area (TPSA) is 44.5 Å². The summed E-state index contributed by atoms with van der Waals surface area (Å²) in [4.78, 5) is 0. The molecule has 2 aromatic carbocycles. The molecule has 0 amide bonds. The fourth-order valence-electron chi connectivity index (χ4n) is 2.25. The minimum atomic E-state index is 0.515. The summed E-state index contributed by atoms with van der Waals surface area (Å²) in [7, 11) is 1.59. The Hall–Kier alpha value is -2.16. The van der Waals surface area contributed by atoms with Crippen LogP contribution in [0.2, 0.25) is 0 Å². The van der Waals surface area contributed by atoms with Crippen molar-refractivity contribution in [3.8, 4) is 17.2 Å². The summed E-state index contributed by atoms with van der Waals surface area (Å²) in [6, 6.07) is 11.6. The Labute approximate surface area is 120 Å². The van der Waals surface area contributed by atoms with Crippen molar-refractivity contribution in [2.75, 3.05) is 12.8 Å². The average Bonchev–Trinajstić information content (AvgIpc) is 2.40. The average molecular weight is 271 g/mol. The normalized spacial score (nSPS) is 10.7. The summed E-state index contributed by atoms with van der Waals surface area (Å²) in [6.45, 7) is 6.48. The fraction of sp³-hybridized carbons (Fsp3) is 0.294. The number of ether oxygens (including phenoxy) is 2. The van der Waals surface area contributed by atoms with Crippen molar-refractivity contribution in [2.45, 2.75) is 26.7 Å². The maximum Gasteiger partial charge on any atom is 0.145 e. The highest BCUT2D eigenvalue weighted by Gasteiger charge is 2.07. The van der Waals surface area contributed by atoms with E-state index >= 15 is 0 Å². The number of hydrogen-bond acceptors (Lipinski definition) is 3. The number of benzene rings is 2. The quantitative estimate of drug-likeness (QED) is 0.832. The van der Waals surface area contributed by atoms with Crippen molar-refractivity contribution in [1.82, 2.24) is 0 Å². The molecule has 0 heterocycles. The number of aryl methyl sites for hydroxylation is 1. The molecule has 2 N–H and O–H groups in total. The lowest BCUT2D eigenvalue weighted by molar-refractivity contribution is 0.411. The monoisotopic (exact) mass is 271 g/mol. The molecule has 0 bridgehead atoms. The van der Waals surface area contributed by atoms with Crippen LogP contribution in [0.5, 0.6) is 17.2 Å². The number of hydrogen-bond donors (Lipinski definition) is 1. The van der Waals surface area contributed by atoms with Gasteiger partial charge in [-0.3, -0.25) is 0 Å². The molecule has 0 aromatic heterocycles. The van der Waals surface area contributed by atoms with Crippen molar-refractivity contribution in [1.29, 1.82) is 0 Å². The number of nitrogens with two attached hydrogens (primary N) is 1. The molecule has 3 heteroatoms. The predicted molar refractivity (Wildman–Crippen MR) is 82.7 cm³/mol. The molecular weight excluding hydrogens is 250 g/mol. The summed E-state index contributed by atoms with van der Waals surface area (Å²) in [6.07, 6.45) is 0. The van der Waals surface area contributed by atoms with Crippen LogP contribution in [-0.2, 0) is 0 Å².